The Labute approximate surface area is 186 Å². The van der Waals surface area contributed by atoms with Gasteiger partial charge in [-0.3, -0.25) is 14.3 Å². The zero-order valence-electron chi connectivity index (χ0n) is 17.2. The van der Waals surface area contributed by atoms with Crippen molar-refractivity contribution in [2.45, 2.75) is 62.2 Å². The van der Waals surface area contributed by atoms with Crippen LogP contribution >= 0.6 is 7.82 Å². The van der Waals surface area contributed by atoms with Crippen LogP contribution in [0.5, 0.6) is 0 Å². The molecule has 16 heteroatoms. The Morgan fingerprint density at radius 2 is 1.97 bits per heavy atom. The number of phosphoric ester groups is 1. The first kappa shape index (κ1) is 24.2. The highest BCUT2D eigenvalue weighted by Crippen LogP contribution is 2.39. The summed E-state index contributed by atoms with van der Waals surface area (Å²) < 4.78 is 22.2. The van der Waals surface area contributed by atoms with E-state index >= 15 is 0 Å². The Balaban J connectivity index is 1.64. The van der Waals surface area contributed by atoms with E-state index in [1.807, 2.05) is 0 Å². The number of rotatable bonds is 7. The maximum Gasteiger partial charge on any atom is 0.469 e. The van der Waals surface area contributed by atoms with Crippen LogP contribution in [0.4, 0.5) is 5.95 Å². The molecular weight excluding hydrogens is 465 g/mol. The van der Waals surface area contributed by atoms with Gasteiger partial charge in [0.1, 0.15) is 18.3 Å². The van der Waals surface area contributed by atoms with E-state index in [0.717, 1.165) is 0 Å². The number of aromatic amines is 1. The smallest absolute Gasteiger partial charge is 0.390 e. The van der Waals surface area contributed by atoms with Crippen LogP contribution in [0, 0.1) is 0 Å². The van der Waals surface area contributed by atoms with Crippen LogP contribution in [-0.4, -0.2) is 87.9 Å². The van der Waals surface area contributed by atoms with Crippen molar-refractivity contribution in [3.8, 4) is 0 Å². The summed E-state index contributed by atoms with van der Waals surface area (Å²) in [7, 11) is -4.83. The Morgan fingerprint density at radius 1 is 1.24 bits per heavy atom. The van der Waals surface area contributed by atoms with Crippen molar-refractivity contribution in [3.63, 3.8) is 0 Å². The summed E-state index contributed by atoms with van der Waals surface area (Å²) in [6.07, 6.45) is -5.02. The van der Waals surface area contributed by atoms with Gasteiger partial charge < -0.3 is 50.6 Å². The summed E-state index contributed by atoms with van der Waals surface area (Å²) in [4.78, 5) is 36.9. The van der Waals surface area contributed by atoms with Gasteiger partial charge in [0, 0.05) is 18.8 Å². The molecule has 7 atom stereocenters. The number of nitrogens with zero attached hydrogens (tertiary/aromatic N) is 2. The molecule has 1 aliphatic heterocycles. The second-order valence-electron chi connectivity index (χ2n) is 8.17. The molecule has 0 radical (unpaired) electrons. The molecule has 1 saturated carbocycles. The predicted octanol–water partition coefficient (Wildman–Crippen LogP) is -2.99. The molecule has 10 N–H and O–H groups in total. The average molecular weight is 491 g/mol. The lowest BCUT2D eigenvalue weighted by molar-refractivity contribution is -0.0502. The van der Waals surface area contributed by atoms with Crippen molar-refractivity contribution in [1.82, 2.24) is 19.9 Å². The van der Waals surface area contributed by atoms with E-state index in [-0.39, 0.29) is 23.5 Å². The highest BCUT2D eigenvalue weighted by atomic mass is 31.2. The standard InChI is InChI=1S/C17H26N5O10P/c18-17-20-14-10(15(27)21-17)6(3-19-7-1-2-8(23)11(7)24)4-22(14)16-13(26)12(25)9(32-16)5-31-33(28,29)30/h4,7-9,11-13,16,19,23-26H,1-3,5H2,(H2,28,29,30)(H3,18,20,21,27)/t7-,8-,9-,11+,12-,13-,16-/m1/s1. The second-order valence-corrected chi connectivity index (χ2v) is 9.41. The monoisotopic (exact) mass is 491 g/mol. The highest BCUT2D eigenvalue weighted by Gasteiger charge is 2.45. The van der Waals surface area contributed by atoms with Gasteiger partial charge in [-0.05, 0) is 18.4 Å². The van der Waals surface area contributed by atoms with E-state index in [1.54, 1.807) is 0 Å². The Hall–Kier alpha value is -1.91. The number of nitrogens with two attached hydrogens (primary N) is 1. The van der Waals surface area contributed by atoms with Crippen molar-refractivity contribution in [1.29, 1.82) is 0 Å². The number of H-pyrrole nitrogens is 1. The largest absolute Gasteiger partial charge is 0.469 e. The molecule has 33 heavy (non-hydrogen) atoms. The number of phosphoric acid groups is 1. The van der Waals surface area contributed by atoms with Gasteiger partial charge in [0.2, 0.25) is 5.95 Å². The molecule has 0 unspecified atom stereocenters. The van der Waals surface area contributed by atoms with E-state index in [2.05, 4.69) is 19.8 Å². The number of hydrogen-bond acceptors (Lipinski definition) is 11. The number of aliphatic hydroxyl groups excluding tert-OH is 4. The summed E-state index contributed by atoms with van der Waals surface area (Å²) in [5, 5.41) is 43.8. The van der Waals surface area contributed by atoms with E-state index in [4.69, 9.17) is 20.3 Å². The lowest BCUT2D eigenvalue weighted by Gasteiger charge is -2.18. The fourth-order valence-corrected chi connectivity index (χ4v) is 4.61. The first-order valence-electron chi connectivity index (χ1n) is 10.2. The maximum absolute atomic E-state index is 12.6. The van der Waals surface area contributed by atoms with Crippen molar-refractivity contribution in [3.05, 3.63) is 22.1 Å². The van der Waals surface area contributed by atoms with Crippen LogP contribution < -0.4 is 16.6 Å². The molecule has 0 bridgehead atoms. The molecule has 2 aromatic rings. The minimum atomic E-state index is -4.83. The van der Waals surface area contributed by atoms with Gasteiger partial charge in [0.15, 0.2) is 11.9 Å². The van der Waals surface area contributed by atoms with Gasteiger partial charge in [-0.1, -0.05) is 0 Å². The SMILES string of the molecule is Nc1nc2c(c(CN[C@@H]3CC[C@@H](O)[C@H]3O)cn2[C@@H]2O[C@H](COP(=O)(O)O)[C@@H](O)[C@H]2O)c(=O)[nH]1. The van der Waals surface area contributed by atoms with E-state index in [0.29, 0.717) is 18.4 Å². The molecule has 1 saturated heterocycles. The van der Waals surface area contributed by atoms with Crippen LogP contribution in [0.3, 0.4) is 0 Å². The number of fused-ring (bicyclic) bond motifs is 1. The summed E-state index contributed by atoms with van der Waals surface area (Å²) in [6, 6.07) is -0.399. The van der Waals surface area contributed by atoms with Crippen molar-refractivity contribution in [2.24, 2.45) is 0 Å². The highest BCUT2D eigenvalue weighted by molar-refractivity contribution is 7.46. The normalized spacial score (nSPS) is 32.7. The molecular formula is C17H26N5O10P. The van der Waals surface area contributed by atoms with Gasteiger partial charge in [0.05, 0.1) is 24.2 Å². The Morgan fingerprint density at radius 3 is 2.61 bits per heavy atom. The van der Waals surface area contributed by atoms with Crippen LogP contribution in [0.2, 0.25) is 0 Å². The molecule has 2 fully saturated rings. The zero-order chi connectivity index (χ0) is 24.1. The third kappa shape index (κ3) is 4.83. The van der Waals surface area contributed by atoms with Crippen molar-refractivity contribution in [2.75, 3.05) is 12.3 Å². The molecule has 2 aliphatic rings. The number of anilines is 1. The number of hydrogen-bond donors (Lipinski definition) is 9. The number of nitrogens with one attached hydrogen (secondary N) is 2. The summed E-state index contributed by atoms with van der Waals surface area (Å²) in [6.45, 7) is -0.590. The molecule has 2 aromatic heterocycles. The molecule has 184 valence electrons. The molecule has 4 rings (SSSR count). The summed E-state index contributed by atoms with van der Waals surface area (Å²) >= 11 is 0. The third-order valence-electron chi connectivity index (χ3n) is 5.93. The van der Waals surface area contributed by atoms with E-state index in [1.165, 1.54) is 10.8 Å². The number of aromatic nitrogens is 3. The van der Waals surface area contributed by atoms with Gasteiger partial charge in [-0.2, -0.15) is 4.98 Å². The summed E-state index contributed by atoms with van der Waals surface area (Å²) in [5.74, 6) is -0.199. The predicted molar refractivity (Wildman–Crippen MR) is 111 cm³/mol. The number of ether oxygens (including phenoxy) is 1. The first-order chi connectivity index (χ1) is 15.5. The molecule has 0 spiro atoms. The van der Waals surface area contributed by atoms with Crippen molar-refractivity contribution < 1.29 is 44.0 Å². The Bertz CT molecular complexity index is 1120. The van der Waals surface area contributed by atoms with Crippen molar-refractivity contribution >= 4 is 24.8 Å². The van der Waals surface area contributed by atoms with E-state index < -0.39 is 62.8 Å². The van der Waals surface area contributed by atoms with Crippen LogP contribution in [0.1, 0.15) is 24.6 Å². The summed E-state index contributed by atoms with van der Waals surface area (Å²) in [5.41, 5.74) is 5.59. The minimum absolute atomic E-state index is 0.0489. The molecule has 1 aliphatic carbocycles. The molecule has 0 amide bonds. The third-order valence-corrected chi connectivity index (χ3v) is 6.42. The lowest BCUT2D eigenvalue weighted by atomic mass is 10.1. The van der Waals surface area contributed by atoms with Gasteiger partial charge >= 0.3 is 7.82 Å². The first-order valence-corrected chi connectivity index (χ1v) is 11.7. The number of aliphatic hydroxyl groups is 4. The average Bonchev–Trinajstić information content (AvgIpc) is 3.34. The van der Waals surface area contributed by atoms with Gasteiger partial charge in [0.25, 0.3) is 5.56 Å². The maximum atomic E-state index is 12.6. The van der Waals surface area contributed by atoms with Crippen LogP contribution in [-0.2, 0) is 20.4 Å². The zero-order valence-corrected chi connectivity index (χ0v) is 18.1. The quantitative estimate of drug-likeness (QED) is 0.176. The number of nitrogen functional groups attached to an aromatic ring is 1. The van der Waals surface area contributed by atoms with E-state index in [9.17, 15) is 29.8 Å². The van der Waals surface area contributed by atoms with Crippen LogP contribution in [0.15, 0.2) is 11.0 Å². The second kappa shape index (κ2) is 9.03. The fraction of sp³-hybridized carbons (Fsp3) is 0.647. The molecule has 3 heterocycles. The molecule has 15 nitrogen and oxygen atoms in total. The lowest BCUT2D eigenvalue weighted by Crippen LogP contribution is -2.39. The topological polar surface area (TPSA) is 246 Å². The Kier molecular flexibility index (Phi) is 6.63. The minimum Gasteiger partial charge on any atom is -0.390 e. The van der Waals surface area contributed by atoms with Crippen LogP contribution in [0.25, 0.3) is 11.0 Å². The fourth-order valence-electron chi connectivity index (χ4n) is 4.27. The van der Waals surface area contributed by atoms with Gasteiger partial charge in [-0.25, -0.2) is 4.57 Å². The molecule has 0 aromatic carbocycles. The van der Waals surface area contributed by atoms with Gasteiger partial charge in [-0.15, -0.1) is 0 Å².